The van der Waals surface area contributed by atoms with Gasteiger partial charge in [-0.3, -0.25) is 24.6 Å². The number of benzene rings is 2. The quantitative estimate of drug-likeness (QED) is 0.208. The Morgan fingerprint density at radius 1 is 1.03 bits per heavy atom. The van der Waals surface area contributed by atoms with E-state index in [2.05, 4.69) is 0 Å². The van der Waals surface area contributed by atoms with E-state index in [9.17, 15) is 19.7 Å². The first-order chi connectivity index (χ1) is 15.2. The summed E-state index contributed by atoms with van der Waals surface area (Å²) in [5, 5.41) is 11.4. The predicted molar refractivity (Wildman–Crippen MR) is 124 cm³/mol. The molecule has 0 radical (unpaired) electrons. The second kappa shape index (κ2) is 8.99. The summed E-state index contributed by atoms with van der Waals surface area (Å²) >= 11 is 18.9. The summed E-state index contributed by atoms with van der Waals surface area (Å²) in [6.07, 6.45) is 1.44. The van der Waals surface area contributed by atoms with Crippen LogP contribution in [-0.2, 0) is 11.3 Å². The molecule has 0 saturated carbocycles. The number of nitrogens with zero attached hydrogens (tertiary/aromatic N) is 2. The lowest BCUT2D eigenvalue weighted by Crippen LogP contribution is -2.27. The largest absolute Gasteiger partial charge is 0.457 e. The molecule has 1 aliphatic heterocycles. The van der Waals surface area contributed by atoms with Gasteiger partial charge in [0, 0.05) is 33.3 Å². The van der Waals surface area contributed by atoms with Gasteiger partial charge in [-0.05, 0) is 48.2 Å². The molecule has 162 valence electrons. The molecule has 4 rings (SSSR count). The van der Waals surface area contributed by atoms with Crippen molar-refractivity contribution >= 4 is 69.5 Å². The normalized spacial score (nSPS) is 15.1. The summed E-state index contributed by atoms with van der Waals surface area (Å²) < 4.78 is 5.70. The van der Waals surface area contributed by atoms with Crippen molar-refractivity contribution in [2.75, 3.05) is 0 Å². The molecule has 0 atom stereocenters. The Hall–Kier alpha value is -2.78. The number of hydrogen-bond acceptors (Lipinski definition) is 6. The number of nitro groups is 1. The zero-order chi connectivity index (χ0) is 23.0. The molecule has 1 aliphatic rings. The number of carbonyl (C=O) groups excluding carboxylic acids is 2. The number of furan rings is 1. The Morgan fingerprint density at radius 2 is 1.75 bits per heavy atom. The Morgan fingerprint density at radius 3 is 2.44 bits per heavy atom. The third kappa shape index (κ3) is 4.40. The van der Waals surface area contributed by atoms with E-state index in [4.69, 9.17) is 39.2 Å². The highest BCUT2D eigenvalue weighted by atomic mass is 35.5. The van der Waals surface area contributed by atoms with Gasteiger partial charge in [0.05, 0.1) is 16.4 Å². The lowest BCUT2D eigenvalue weighted by molar-refractivity contribution is -0.384. The third-order valence-corrected chi connectivity index (χ3v) is 6.51. The highest BCUT2D eigenvalue weighted by molar-refractivity contribution is 8.18. The molecular weight excluding hydrogens is 499 g/mol. The van der Waals surface area contributed by atoms with Gasteiger partial charge in [0.25, 0.3) is 16.8 Å². The molecule has 0 N–H and O–H groups in total. The third-order valence-electron chi connectivity index (χ3n) is 4.58. The first kappa shape index (κ1) is 22.4. The van der Waals surface area contributed by atoms with Crippen molar-refractivity contribution in [1.82, 2.24) is 4.90 Å². The number of amides is 2. The van der Waals surface area contributed by atoms with Crippen LogP contribution in [0.5, 0.6) is 0 Å². The fourth-order valence-electron chi connectivity index (χ4n) is 3.00. The van der Waals surface area contributed by atoms with Crippen molar-refractivity contribution in [2.24, 2.45) is 0 Å². The van der Waals surface area contributed by atoms with Gasteiger partial charge < -0.3 is 4.42 Å². The van der Waals surface area contributed by atoms with Crippen LogP contribution >= 0.6 is 46.6 Å². The highest BCUT2D eigenvalue weighted by Crippen LogP contribution is 2.37. The smallest absolute Gasteiger partial charge is 0.293 e. The van der Waals surface area contributed by atoms with E-state index in [1.54, 1.807) is 36.4 Å². The van der Waals surface area contributed by atoms with Crippen LogP contribution in [0.15, 0.2) is 57.9 Å². The fourth-order valence-corrected chi connectivity index (χ4v) is 4.52. The number of halogens is 3. The van der Waals surface area contributed by atoms with Crippen molar-refractivity contribution in [1.29, 1.82) is 0 Å². The second-order valence-electron chi connectivity index (χ2n) is 6.59. The standard InChI is InChI=1S/C21H11Cl3N2O5S/c22-14-2-1-3-15(23)13(14)10-25-20(27)19(32-21(25)28)9-12-5-7-18(31-12)11-4-6-16(24)17(8-11)26(29)30/h1-9H,10H2/b19-9-. The molecule has 0 bridgehead atoms. The second-order valence-corrected chi connectivity index (χ2v) is 8.81. The van der Waals surface area contributed by atoms with E-state index < -0.39 is 16.1 Å². The van der Waals surface area contributed by atoms with Crippen molar-refractivity contribution in [3.8, 4) is 11.3 Å². The molecule has 1 aromatic heterocycles. The topological polar surface area (TPSA) is 93.7 Å². The summed E-state index contributed by atoms with van der Waals surface area (Å²) in [5.41, 5.74) is 0.674. The Bertz CT molecular complexity index is 1280. The van der Waals surface area contributed by atoms with Gasteiger partial charge in [-0.15, -0.1) is 0 Å². The molecule has 7 nitrogen and oxygen atoms in total. The first-order valence-electron chi connectivity index (χ1n) is 8.97. The molecule has 11 heteroatoms. The predicted octanol–water partition coefficient (Wildman–Crippen LogP) is 7.05. The first-order valence-corrected chi connectivity index (χ1v) is 10.9. The lowest BCUT2D eigenvalue weighted by Gasteiger charge is -2.14. The summed E-state index contributed by atoms with van der Waals surface area (Å²) in [4.78, 5) is 36.9. The average Bonchev–Trinajstić information content (AvgIpc) is 3.30. The number of rotatable bonds is 5. The van der Waals surface area contributed by atoms with Crippen LogP contribution in [0.4, 0.5) is 10.5 Å². The molecule has 1 fully saturated rings. The van der Waals surface area contributed by atoms with E-state index in [-0.39, 0.29) is 22.2 Å². The minimum atomic E-state index is -0.586. The Kier molecular flexibility index (Phi) is 6.30. The average molecular weight is 510 g/mol. The molecule has 0 unspecified atom stereocenters. The number of hydrogen-bond donors (Lipinski definition) is 0. The van der Waals surface area contributed by atoms with Crippen LogP contribution in [0.2, 0.25) is 15.1 Å². The van der Waals surface area contributed by atoms with Crippen molar-refractivity contribution < 1.29 is 18.9 Å². The van der Waals surface area contributed by atoms with E-state index in [0.29, 0.717) is 32.7 Å². The maximum absolute atomic E-state index is 12.8. The van der Waals surface area contributed by atoms with Crippen LogP contribution < -0.4 is 0 Å². The van der Waals surface area contributed by atoms with Crippen molar-refractivity contribution in [3.05, 3.63) is 89.9 Å². The fraction of sp³-hybridized carbons (Fsp3) is 0.0476. The molecule has 0 spiro atoms. The zero-order valence-corrected chi connectivity index (χ0v) is 19.0. The van der Waals surface area contributed by atoms with Gasteiger partial charge in [-0.2, -0.15) is 0 Å². The number of thioether (sulfide) groups is 1. The Balaban J connectivity index is 1.57. The maximum atomic E-state index is 12.8. The van der Waals surface area contributed by atoms with E-state index >= 15 is 0 Å². The lowest BCUT2D eigenvalue weighted by atomic mass is 10.1. The van der Waals surface area contributed by atoms with E-state index in [1.165, 1.54) is 18.2 Å². The monoisotopic (exact) mass is 508 g/mol. The molecular formula is C21H11Cl3N2O5S. The van der Waals surface area contributed by atoms with Gasteiger partial charge in [0.15, 0.2) is 0 Å². The molecule has 0 aliphatic carbocycles. The van der Waals surface area contributed by atoms with E-state index in [0.717, 1.165) is 16.7 Å². The van der Waals surface area contributed by atoms with Crippen LogP contribution in [0.3, 0.4) is 0 Å². The zero-order valence-electron chi connectivity index (χ0n) is 15.9. The number of nitro benzene ring substituents is 1. The number of carbonyl (C=O) groups is 2. The van der Waals surface area contributed by atoms with Crippen LogP contribution in [0.1, 0.15) is 11.3 Å². The maximum Gasteiger partial charge on any atom is 0.293 e. The molecule has 2 heterocycles. The summed E-state index contributed by atoms with van der Waals surface area (Å²) in [7, 11) is 0. The summed E-state index contributed by atoms with van der Waals surface area (Å²) in [6.45, 7) is -0.0572. The van der Waals surface area contributed by atoms with Gasteiger partial charge in [0.1, 0.15) is 16.5 Å². The summed E-state index contributed by atoms with van der Waals surface area (Å²) in [6, 6.07) is 12.4. The Labute approximate surface area is 200 Å². The summed E-state index contributed by atoms with van der Waals surface area (Å²) in [5.74, 6) is 0.146. The van der Waals surface area contributed by atoms with Crippen LogP contribution in [-0.4, -0.2) is 21.0 Å². The van der Waals surface area contributed by atoms with Gasteiger partial charge in [0.2, 0.25) is 0 Å². The molecule has 32 heavy (non-hydrogen) atoms. The molecule has 1 saturated heterocycles. The van der Waals surface area contributed by atoms with Gasteiger partial charge in [-0.25, -0.2) is 0 Å². The highest BCUT2D eigenvalue weighted by Gasteiger charge is 2.36. The molecule has 2 amide bonds. The molecule has 2 aromatic carbocycles. The SMILES string of the molecule is O=C1S/C(=C\c2ccc(-c3ccc(Cl)c([N+](=O)[O-])c3)o2)C(=O)N1Cc1c(Cl)cccc1Cl. The number of imide groups is 1. The van der Waals surface area contributed by atoms with Crippen molar-refractivity contribution in [3.63, 3.8) is 0 Å². The minimum Gasteiger partial charge on any atom is -0.457 e. The van der Waals surface area contributed by atoms with E-state index in [1.807, 2.05) is 0 Å². The van der Waals surface area contributed by atoms with Gasteiger partial charge in [-0.1, -0.05) is 40.9 Å². The molecule has 3 aromatic rings. The van der Waals surface area contributed by atoms with Gasteiger partial charge >= 0.3 is 0 Å². The minimum absolute atomic E-state index is 0.0119. The van der Waals surface area contributed by atoms with Crippen LogP contribution in [0, 0.1) is 10.1 Å². The van der Waals surface area contributed by atoms with Crippen LogP contribution in [0.25, 0.3) is 17.4 Å². The van der Waals surface area contributed by atoms with Crippen molar-refractivity contribution in [2.45, 2.75) is 6.54 Å².